The van der Waals surface area contributed by atoms with Crippen LogP contribution in [0.5, 0.6) is 5.88 Å². The van der Waals surface area contributed by atoms with Crippen LogP contribution in [0.25, 0.3) is 0 Å². The minimum atomic E-state index is -0.0322. The third-order valence-electron chi connectivity index (χ3n) is 3.81. The number of anilines is 1. The van der Waals surface area contributed by atoms with Crippen molar-refractivity contribution in [2.24, 2.45) is 11.7 Å². The molecule has 1 aliphatic rings. The monoisotopic (exact) mass is 264 g/mol. The minimum absolute atomic E-state index is 0.0322. The average Bonchev–Trinajstić information content (AvgIpc) is 2.39. The fourth-order valence-electron chi connectivity index (χ4n) is 2.92. The van der Waals surface area contributed by atoms with Gasteiger partial charge >= 0.3 is 0 Å². The summed E-state index contributed by atoms with van der Waals surface area (Å²) in [6.07, 6.45) is 6.23. The maximum atomic E-state index is 6.01. The first-order valence-corrected chi connectivity index (χ1v) is 7.10. The number of hydrogen-bond donors (Lipinski definition) is 2. The van der Waals surface area contributed by atoms with Crippen molar-refractivity contribution in [1.82, 2.24) is 9.97 Å². The van der Waals surface area contributed by atoms with Crippen LogP contribution in [0.3, 0.4) is 0 Å². The molecule has 5 heteroatoms. The molecule has 1 saturated carbocycles. The summed E-state index contributed by atoms with van der Waals surface area (Å²) in [5.41, 5.74) is 5.98. The summed E-state index contributed by atoms with van der Waals surface area (Å²) in [5.74, 6) is 2.12. The zero-order valence-corrected chi connectivity index (χ0v) is 11.9. The molecular formula is C14H24N4O. The summed E-state index contributed by atoms with van der Waals surface area (Å²) in [6, 6.07) is 1.85. The van der Waals surface area contributed by atoms with Gasteiger partial charge in [-0.15, -0.1) is 0 Å². The first kappa shape index (κ1) is 14.1. The number of aromatic nitrogens is 2. The van der Waals surface area contributed by atoms with Gasteiger partial charge < -0.3 is 15.8 Å². The van der Waals surface area contributed by atoms with Crippen molar-refractivity contribution in [3.8, 4) is 5.88 Å². The molecule has 5 nitrogen and oxygen atoms in total. The molecule has 1 aromatic heterocycles. The normalized spacial score (nSPS) is 27.0. The molecule has 0 saturated heterocycles. The molecule has 1 aliphatic carbocycles. The lowest BCUT2D eigenvalue weighted by Crippen LogP contribution is -2.48. The first-order chi connectivity index (χ1) is 9.17. The van der Waals surface area contributed by atoms with E-state index in [-0.39, 0.29) is 5.54 Å². The minimum Gasteiger partial charge on any atom is -0.478 e. The molecule has 19 heavy (non-hydrogen) atoms. The van der Waals surface area contributed by atoms with E-state index in [1.807, 2.05) is 13.0 Å². The predicted octanol–water partition coefficient (Wildman–Crippen LogP) is 2.19. The Morgan fingerprint density at radius 2 is 2.37 bits per heavy atom. The summed E-state index contributed by atoms with van der Waals surface area (Å²) in [7, 11) is 0. The van der Waals surface area contributed by atoms with Gasteiger partial charge in [0.15, 0.2) is 0 Å². The fourth-order valence-corrected chi connectivity index (χ4v) is 2.92. The summed E-state index contributed by atoms with van der Waals surface area (Å²) < 4.78 is 5.40. The second-order valence-electron chi connectivity index (χ2n) is 5.49. The predicted molar refractivity (Wildman–Crippen MR) is 76.2 cm³/mol. The Morgan fingerprint density at radius 1 is 1.53 bits per heavy atom. The van der Waals surface area contributed by atoms with Gasteiger partial charge in [-0.05, 0) is 25.7 Å². The van der Waals surface area contributed by atoms with Crippen molar-refractivity contribution in [3.05, 3.63) is 12.4 Å². The van der Waals surface area contributed by atoms with E-state index in [2.05, 4.69) is 22.2 Å². The van der Waals surface area contributed by atoms with Gasteiger partial charge in [0.05, 0.1) is 12.1 Å². The Kier molecular flexibility index (Phi) is 4.58. The van der Waals surface area contributed by atoms with Crippen LogP contribution < -0.4 is 15.8 Å². The van der Waals surface area contributed by atoms with Gasteiger partial charge in [-0.1, -0.05) is 19.8 Å². The van der Waals surface area contributed by atoms with Gasteiger partial charge in [-0.25, -0.2) is 9.97 Å². The lowest BCUT2D eigenvalue weighted by Gasteiger charge is -2.40. The number of ether oxygens (including phenoxy) is 1. The molecular weight excluding hydrogens is 240 g/mol. The van der Waals surface area contributed by atoms with Crippen molar-refractivity contribution < 1.29 is 4.74 Å². The van der Waals surface area contributed by atoms with Gasteiger partial charge in [-0.2, -0.15) is 0 Å². The fraction of sp³-hybridized carbons (Fsp3) is 0.714. The largest absolute Gasteiger partial charge is 0.478 e. The maximum Gasteiger partial charge on any atom is 0.218 e. The van der Waals surface area contributed by atoms with Crippen molar-refractivity contribution in [2.75, 3.05) is 18.5 Å². The third kappa shape index (κ3) is 3.56. The molecule has 2 atom stereocenters. The average molecular weight is 264 g/mol. The number of hydrogen-bond acceptors (Lipinski definition) is 5. The number of nitrogens with two attached hydrogens (primary N) is 1. The van der Waals surface area contributed by atoms with Crippen molar-refractivity contribution in [1.29, 1.82) is 0 Å². The SMILES string of the molecule is CCOc1cc(NC2(CN)CCCC(C)C2)ncn1. The topological polar surface area (TPSA) is 73.1 Å². The van der Waals surface area contributed by atoms with Gasteiger partial charge in [0.25, 0.3) is 0 Å². The van der Waals surface area contributed by atoms with E-state index in [1.54, 1.807) is 0 Å². The lowest BCUT2D eigenvalue weighted by molar-refractivity contribution is 0.263. The highest BCUT2D eigenvalue weighted by Gasteiger charge is 2.33. The Labute approximate surface area is 115 Å². The van der Waals surface area contributed by atoms with Crippen LogP contribution in [0.2, 0.25) is 0 Å². The summed E-state index contributed by atoms with van der Waals surface area (Å²) in [4.78, 5) is 8.36. The second-order valence-corrected chi connectivity index (χ2v) is 5.49. The molecule has 0 aliphatic heterocycles. The first-order valence-electron chi connectivity index (χ1n) is 7.10. The number of nitrogens with one attached hydrogen (secondary N) is 1. The van der Waals surface area contributed by atoms with E-state index in [1.165, 1.54) is 19.2 Å². The number of nitrogens with zero attached hydrogens (tertiary/aromatic N) is 2. The smallest absolute Gasteiger partial charge is 0.218 e. The van der Waals surface area contributed by atoms with Gasteiger partial charge in [0.1, 0.15) is 12.1 Å². The van der Waals surface area contributed by atoms with Crippen LogP contribution in [0.4, 0.5) is 5.82 Å². The maximum absolute atomic E-state index is 6.01. The van der Waals surface area contributed by atoms with E-state index < -0.39 is 0 Å². The van der Waals surface area contributed by atoms with Crippen LogP contribution in [-0.2, 0) is 0 Å². The Bertz CT molecular complexity index is 412. The van der Waals surface area contributed by atoms with Gasteiger partial charge in [0.2, 0.25) is 5.88 Å². The summed E-state index contributed by atoms with van der Waals surface area (Å²) >= 11 is 0. The van der Waals surface area contributed by atoms with E-state index in [0.29, 0.717) is 24.9 Å². The standard InChI is InChI=1S/C14H24N4O/c1-3-19-13-7-12(16-10-17-13)18-14(9-15)6-4-5-11(2)8-14/h7,10-11H,3-6,8-9,15H2,1-2H3,(H,16,17,18). The highest BCUT2D eigenvalue weighted by Crippen LogP contribution is 2.34. The Morgan fingerprint density at radius 3 is 3.05 bits per heavy atom. The molecule has 1 aromatic rings. The molecule has 0 radical (unpaired) electrons. The Hall–Kier alpha value is -1.36. The Balaban J connectivity index is 2.11. The van der Waals surface area contributed by atoms with Gasteiger partial charge in [0, 0.05) is 12.6 Å². The molecule has 2 unspecified atom stereocenters. The second kappa shape index (κ2) is 6.19. The quantitative estimate of drug-likeness (QED) is 0.853. The third-order valence-corrected chi connectivity index (χ3v) is 3.81. The van der Waals surface area contributed by atoms with Crippen molar-refractivity contribution >= 4 is 5.82 Å². The van der Waals surface area contributed by atoms with Crippen LogP contribution in [0.1, 0.15) is 39.5 Å². The van der Waals surface area contributed by atoms with Crippen LogP contribution >= 0.6 is 0 Å². The molecule has 2 rings (SSSR count). The zero-order chi connectivity index (χ0) is 13.7. The van der Waals surface area contributed by atoms with Crippen molar-refractivity contribution in [2.45, 2.75) is 45.1 Å². The lowest BCUT2D eigenvalue weighted by atomic mass is 9.76. The summed E-state index contributed by atoms with van der Waals surface area (Å²) in [6.45, 7) is 5.47. The molecule has 3 N–H and O–H groups in total. The van der Waals surface area contributed by atoms with E-state index in [9.17, 15) is 0 Å². The van der Waals surface area contributed by atoms with E-state index in [0.717, 1.165) is 18.7 Å². The molecule has 0 amide bonds. The highest BCUT2D eigenvalue weighted by atomic mass is 16.5. The highest BCUT2D eigenvalue weighted by molar-refractivity contribution is 5.40. The zero-order valence-electron chi connectivity index (χ0n) is 11.9. The van der Waals surface area contributed by atoms with E-state index in [4.69, 9.17) is 10.5 Å². The molecule has 0 spiro atoms. The molecule has 106 valence electrons. The molecule has 0 aromatic carbocycles. The summed E-state index contributed by atoms with van der Waals surface area (Å²) in [5, 5.41) is 3.52. The van der Waals surface area contributed by atoms with Crippen LogP contribution in [-0.4, -0.2) is 28.7 Å². The number of rotatable bonds is 5. The molecule has 1 heterocycles. The van der Waals surface area contributed by atoms with Crippen LogP contribution in [0.15, 0.2) is 12.4 Å². The van der Waals surface area contributed by atoms with Gasteiger partial charge in [-0.3, -0.25) is 0 Å². The van der Waals surface area contributed by atoms with E-state index >= 15 is 0 Å². The molecule has 1 fully saturated rings. The van der Waals surface area contributed by atoms with Crippen molar-refractivity contribution in [3.63, 3.8) is 0 Å². The van der Waals surface area contributed by atoms with Crippen LogP contribution in [0, 0.1) is 5.92 Å². The molecule has 0 bridgehead atoms.